The monoisotopic (exact) mass is 352 g/mol. The van der Waals surface area contributed by atoms with Crippen LogP contribution in [-0.4, -0.2) is 17.0 Å². The van der Waals surface area contributed by atoms with Gasteiger partial charge in [0.05, 0.1) is 16.8 Å². The Bertz CT molecular complexity index is 734. The average molecular weight is 353 g/mol. The fourth-order valence-electron chi connectivity index (χ4n) is 1.71. The van der Waals surface area contributed by atoms with Gasteiger partial charge in [0.2, 0.25) is 0 Å². The Balaban J connectivity index is 2.38. The van der Waals surface area contributed by atoms with Gasteiger partial charge in [0.1, 0.15) is 5.82 Å². The lowest BCUT2D eigenvalue weighted by Crippen LogP contribution is -2.16. The Hall–Kier alpha value is -2.41. The molecule has 0 heterocycles. The summed E-state index contributed by atoms with van der Waals surface area (Å²) in [6.07, 6.45) is 0. The molecule has 1 amide bonds. The zero-order valence-corrected chi connectivity index (χ0v) is 12.1. The van der Waals surface area contributed by atoms with Crippen LogP contribution in [0.3, 0.4) is 0 Å². The van der Waals surface area contributed by atoms with Gasteiger partial charge in [-0.3, -0.25) is 4.79 Å². The largest absolute Gasteiger partial charge is 0.478 e. The van der Waals surface area contributed by atoms with Gasteiger partial charge in [0.25, 0.3) is 5.91 Å². The van der Waals surface area contributed by atoms with Crippen molar-refractivity contribution >= 4 is 39.2 Å². The lowest BCUT2D eigenvalue weighted by Gasteiger charge is -2.10. The molecule has 108 valence electrons. The maximum atomic E-state index is 13.6. The van der Waals surface area contributed by atoms with Gasteiger partial charge >= 0.3 is 5.97 Å². The Morgan fingerprint density at radius 1 is 1.14 bits per heavy atom. The van der Waals surface area contributed by atoms with Gasteiger partial charge in [-0.1, -0.05) is 15.9 Å². The molecular formula is C14H10BrFN2O3. The lowest BCUT2D eigenvalue weighted by atomic mass is 10.1. The summed E-state index contributed by atoms with van der Waals surface area (Å²) in [5.41, 5.74) is 5.52. The molecule has 0 saturated carbocycles. The Kier molecular flexibility index (Phi) is 4.23. The molecule has 0 radical (unpaired) electrons. The Morgan fingerprint density at radius 2 is 1.86 bits per heavy atom. The number of carbonyl (C=O) groups excluding carboxylic acids is 1. The van der Waals surface area contributed by atoms with Crippen molar-refractivity contribution in [1.29, 1.82) is 0 Å². The second-order valence-electron chi connectivity index (χ2n) is 4.19. The van der Waals surface area contributed by atoms with Crippen molar-refractivity contribution in [2.75, 3.05) is 11.1 Å². The van der Waals surface area contributed by atoms with Crippen LogP contribution < -0.4 is 11.1 Å². The van der Waals surface area contributed by atoms with Crippen LogP contribution in [0, 0.1) is 5.82 Å². The van der Waals surface area contributed by atoms with Crippen molar-refractivity contribution in [2.24, 2.45) is 0 Å². The number of rotatable bonds is 3. The maximum absolute atomic E-state index is 13.6. The summed E-state index contributed by atoms with van der Waals surface area (Å²) < 4.78 is 14.2. The van der Waals surface area contributed by atoms with Crippen LogP contribution in [0.15, 0.2) is 40.9 Å². The first-order valence-corrected chi connectivity index (χ1v) is 6.57. The molecule has 2 rings (SSSR count). The van der Waals surface area contributed by atoms with E-state index in [0.29, 0.717) is 4.47 Å². The third-order valence-electron chi connectivity index (χ3n) is 2.70. The summed E-state index contributed by atoms with van der Waals surface area (Å²) in [6.45, 7) is 0. The van der Waals surface area contributed by atoms with E-state index in [2.05, 4.69) is 21.2 Å². The van der Waals surface area contributed by atoms with E-state index < -0.39 is 17.7 Å². The van der Waals surface area contributed by atoms with Gasteiger partial charge in [0, 0.05) is 10.2 Å². The standard InChI is InChI=1S/C14H10BrFN2O3/c15-7-1-4-11(16)10(5-7)13(19)18-12-6-8(17)2-3-9(12)14(20)21/h1-6H,17H2,(H,18,19)(H,20,21). The molecule has 0 unspecified atom stereocenters. The minimum absolute atomic E-state index is 0.00637. The molecule has 0 aliphatic carbocycles. The van der Waals surface area contributed by atoms with Crippen LogP contribution in [0.1, 0.15) is 20.7 Å². The van der Waals surface area contributed by atoms with Gasteiger partial charge < -0.3 is 16.2 Å². The zero-order chi connectivity index (χ0) is 15.6. The fraction of sp³-hybridized carbons (Fsp3) is 0. The predicted molar refractivity (Wildman–Crippen MR) is 79.9 cm³/mol. The number of amides is 1. The molecule has 0 aromatic heterocycles. The van der Waals surface area contributed by atoms with E-state index >= 15 is 0 Å². The highest BCUT2D eigenvalue weighted by atomic mass is 79.9. The number of carboxylic acids is 1. The summed E-state index contributed by atoms with van der Waals surface area (Å²) in [6, 6.07) is 7.86. The normalized spacial score (nSPS) is 10.2. The highest BCUT2D eigenvalue weighted by Crippen LogP contribution is 2.22. The molecule has 0 atom stereocenters. The smallest absolute Gasteiger partial charge is 0.337 e. The molecule has 0 aliphatic rings. The molecule has 0 aliphatic heterocycles. The minimum Gasteiger partial charge on any atom is -0.478 e. The number of nitrogens with one attached hydrogen (secondary N) is 1. The third-order valence-corrected chi connectivity index (χ3v) is 3.19. The number of nitrogen functional groups attached to an aromatic ring is 1. The summed E-state index contributed by atoms with van der Waals surface area (Å²) in [5.74, 6) is -2.70. The van der Waals surface area contributed by atoms with Crippen LogP contribution in [-0.2, 0) is 0 Å². The Labute approximate surface area is 127 Å². The second kappa shape index (κ2) is 5.92. The van der Waals surface area contributed by atoms with Crippen LogP contribution in [0.25, 0.3) is 0 Å². The summed E-state index contributed by atoms with van der Waals surface area (Å²) in [4.78, 5) is 23.2. The van der Waals surface area contributed by atoms with E-state index in [0.717, 1.165) is 6.07 Å². The highest BCUT2D eigenvalue weighted by molar-refractivity contribution is 9.10. The number of carbonyl (C=O) groups is 2. The van der Waals surface area contributed by atoms with Crippen LogP contribution in [0.2, 0.25) is 0 Å². The second-order valence-corrected chi connectivity index (χ2v) is 5.10. The minimum atomic E-state index is -1.22. The molecule has 0 saturated heterocycles. The van der Waals surface area contributed by atoms with Crippen molar-refractivity contribution < 1.29 is 19.1 Å². The molecule has 0 spiro atoms. The van der Waals surface area contributed by atoms with Crippen molar-refractivity contribution in [3.63, 3.8) is 0 Å². The van der Waals surface area contributed by atoms with E-state index in [1.54, 1.807) is 0 Å². The molecule has 2 aromatic carbocycles. The van der Waals surface area contributed by atoms with E-state index in [1.165, 1.54) is 30.3 Å². The number of hydrogen-bond acceptors (Lipinski definition) is 3. The van der Waals surface area contributed by atoms with Gasteiger partial charge in [0.15, 0.2) is 0 Å². The zero-order valence-electron chi connectivity index (χ0n) is 10.6. The van der Waals surface area contributed by atoms with Crippen molar-refractivity contribution in [2.45, 2.75) is 0 Å². The molecular weight excluding hydrogens is 343 g/mol. The number of carboxylic acid groups (broad SMARTS) is 1. The van der Waals surface area contributed by atoms with E-state index in [9.17, 15) is 14.0 Å². The quantitative estimate of drug-likeness (QED) is 0.740. The average Bonchev–Trinajstić information content (AvgIpc) is 2.41. The highest BCUT2D eigenvalue weighted by Gasteiger charge is 2.16. The van der Waals surface area contributed by atoms with E-state index in [-0.39, 0.29) is 22.5 Å². The van der Waals surface area contributed by atoms with Crippen molar-refractivity contribution in [3.8, 4) is 0 Å². The molecule has 4 N–H and O–H groups in total. The first-order valence-electron chi connectivity index (χ1n) is 5.77. The van der Waals surface area contributed by atoms with Crippen LogP contribution >= 0.6 is 15.9 Å². The molecule has 2 aromatic rings. The van der Waals surface area contributed by atoms with Crippen LogP contribution in [0.5, 0.6) is 0 Å². The summed E-state index contributed by atoms with van der Waals surface area (Å²) in [7, 11) is 0. The maximum Gasteiger partial charge on any atom is 0.337 e. The number of aromatic carboxylic acids is 1. The fourth-order valence-corrected chi connectivity index (χ4v) is 2.07. The molecule has 7 heteroatoms. The van der Waals surface area contributed by atoms with Crippen LogP contribution in [0.4, 0.5) is 15.8 Å². The van der Waals surface area contributed by atoms with Crippen molar-refractivity contribution in [1.82, 2.24) is 0 Å². The number of benzene rings is 2. The third kappa shape index (κ3) is 3.38. The number of nitrogens with two attached hydrogens (primary N) is 1. The lowest BCUT2D eigenvalue weighted by molar-refractivity contribution is 0.0698. The topological polar surface area (TPSA) is 92.4 Å². The van der Waals surface area contributed by atoms with E-state index in [4.69, 9.17) is 10.8 Å². The first kappa shape index (κ1) is 15.0. The van der Waals surface area contributed by atoms with Crippen molar-refractivity contribution in [3.05, 3.63) is 57.8 Å². The van der Waals surface area contributed by atoms with E-state index in [1.807, 2.05) is 0 Å². The van der Waals surface area contributed by atoms with Gasteiger partial charge in [-0.25, -0.2) is 9.18 Å². The number of halogens is 2. The summed E-state index contributed by atoms with van der Waals surface area (Å²) >= 11 is 3.14. The number of anilines is 2. The molecule has 0 bridgehead atoms. The SMILES string of the molecule is Nc1ccc(C(=O)O)c(NC(=O)c2cc(Br)ccc2F)c1. The Morgan fingerprint density at radius 3 is 2.52 bits per heavy atom. The van der Waals surface area contributed by atoms with Gasteiger partial charge in [-0.2, -0.15) is 0 Å². The summed E-state index contributed by atoms with van der Waals surface area (Å²) in [5, 5.41) is 11.4. The molecule has 0 fully saturated rings. The predicted octanol–water partition coefficient (Wildman–Crippen LogP) is 3.12. The molecule has 21 heavy (non-hydrogen) atoms. The van der Waals surface area contributed by atoms with Gasteiger partial charge in [-0.15, -0.1) is 0 Å². The van der Waals surface area contributed by atoms with Gasteiger partial charge in [-0.05, 0) is 36.4 Å². The number of hydrogen-bond donors (Lipinski definition) is 3. The molecule has 5 nitrogen and oxygen atoms in total. The first-order chi connectivity index (χ1) is 9.88.